The second kappa shape index (κ2) is 4.15. The van der Waals surface area contributed by atoms with Crippen LogP contribution in [0.2, 0.25) is 0 Å². The molecule has 1 nitrogen and oxygen atoms in total. The average Bonchev–Trinajstić information content (AvgIpc) is 2.04. The fraction of sp³-hybridized carbons (Fsp3) is 0.667. The lowest BCUT2D eigenvalue weighted by atomic mass is 9.72. The van der Waals surface area contributed by atoms with E-state index in [4.69, 9.17) is 0 Å². The highest BCUT2D eigenvalue weighted by Gasteiger charge is 2.35. The molecule has 1 aliphatic rings. The maximum Gasteiger partial charge on any atom is 0.573 e. The first kappa shape index (κ1) is 13.1. The van der Waals surface area contributed by atoms with Crippen molar-refractivity contribution in [3.8, 4) is 0 Å². The van der Waals surface area contributed by atoms with Gasteiger partial charge in [0.15, 0.2) is 0 Å². The van der Waals surface area contributed by atoms with Crippen molar-refractivity contribution in [2.75, 3.05) is 0 Å². The van der Waals surface area contributed by atoms with Gasteiger partial charge in [0.25, 0.3) is 0 Å². The van der Waals surface area contributed by atoms with Crippen molar-refractivity contribution in [1.82, 2.24) is 0 Å². The van der Waals surface area contributed by atoms with Crippen LogP contribution in [-0.4, -0.2) is 6.36 Å². The zero-order valence-corrected chi connectivity index (χ0v) is 9.93. The van der Waals surface area contributed by atoms with Crippen molar-refractivity contribution in [3.05, 3.63) is 24.0 Å². The molecule has 1 rings (SSSR count). The first-order valence-corrected chi connectivity index (χ1v) is 5.25. The molecule has 0 fully saturated rings. The second-order valence-corrected chi connectivity index (χ2v) is 5.23. The van der Waals surface area contributed by atoms with Crippen LogP contribution in [0.1, 0.15) is 27.7 Å². The van der Waals surface area contributed by atoms with Gasteiger partial charge >= 0.3 is 6.36 Å². The molecule has 2 unspecified atom stereocenters. The molecule has 2 atom stereocenters. The van der Waals surface area contributed by atoms with E-state index in [1.807, 2.05) is 27.7 Å². The summed E-state index contributed by atoms with van der Waals surface area (Å²) in [7, 11) is 0. The highest BCUT2D eigenvalue weighted by atomic mass is 19.4. The van der Waals surface area contributed by atoms with E-state index in [9.17, 15) is 13.2 Å². The Morgan fingerprint density at radius 1 is 1.19 bits per heavy atom. The van der Waals surface area contributed by atoms with Gasteiger partial charge in [-0.05, 0) is 29.4 Å². The molecule has 4 heteroatoms. The van der Waals surface area contributed by atoms with E-state index < -0.39 is 6.36 Å². The molecule has 0 aromatic rings. The Morgan fingerprint density at radius 2 is 1.75 bits per heavy atom. The minimum atomic E-state index is -4.61. The lowest BCUT2D eigenvalue weighted by Gasteiger charge is -2.34. The van der Waals surface area contributed by atoms with E-state index >= 15 is 0 Å². The third kappa shape index (κ3) is 3.58. The van der Waals surface area contributed by atoms with Gasteiger partial charge in [-0.3, -0.25) is 0 Å². The van der Waals surface area contributed by atoms with Crippen molar-refractivity contribution >= 4 is 0 Å². The SMILES string of the molecule is CC1C=CC(OC(F)(F)F)=CC1C(C)(C)C. The smallest absolute Gasteiger partial charge is 0.406 e. The summed E-state index contributed by atoms with van der Waals surface area (Å²) in [5.41, 5.74) is -0.0790. The van der Waals surface area contributed by atoms with E-state index in [1.54, 1.807) is 12.2 Å². The second-order valence-electron chi connectivity index (χ2n) is 5.23. The van der Waals surface area contributed by atoms with Gasteiger partial charge in [-0.25, -0.2) is 0 Å². The van der Waals surface area contributed by atoms with Crippen LogP contribution >= 0.6 is 0 Å². The summed E-state index contributed by atoms with van der Waals surface area (Å²) in [6.07, 6.45) is 0.106. The number of allylic oxidation sites excluding steroid dienone is 3. The normalized spacial score (nSPS) is 26.6. The Balaban J connectivity index is 2.85. The van der Waals surface area contributed by atoms with E-state index in [-0.39, 0.29) is 23.0 Å². The van der Waals surface area contributed by atoms with Gasteiger partial charge in [0.2, 0.25) is 0 Å². The average molecular weight is 234 g/mol. The van der Waals surface area contributed by atoms with E-state index in [0.29, 0.717) is 0 Å². The van der Waals surface area contributed by atoms with Gasteiger partial charge in [-0.15, -0.1) is 13.2 Å². The maximum atomic E-state index is 12.1. The van der Waals surface area contributed by atoms with Crippen LogP contribution in [0.25, 0.3) is 0 Å². The van der Waals surface area contributed by atoms with Crippen LogP contribution < -0.4 is 0 Å². The Hall–Kier alpha value is -0.930. The van der Waals surface area contributed by atoms with Crippen LogP contribution in [0.3, 0.4) is 0 Å². The molecule has 0 aromatic heterocycles. The lowest BCUT2D eigenvalue weighted by molar-refractivity contribution is -0.303. The highest BCUT2D eigenvalue weighted by molar-refractivity contribution is 5.21. The van der Waals surface area contributed by atoms with E-state index in [0.717, 1.165) is 0 Å². The summed E-state index contributed by atoms with van der Waals surface area (Å²) in [4.78, 5) is 0. The molecular formula is C12H17F3O. The summed E-state index contributed by atoms with van der Waals surface area (Å²) in [5.74, 6) is 0.168. The van der Waals surface area contributed by atoms with Crippen molar-refractivity contribution in [3.63, 3.8) is 0 Å². The van der Waals surface area contributed by atoms with Crippen molar-refractivity contribution in [1.29, 1.82) is 0 Å². The number of ether oxygens (including phenoxy) is 1. The molecule has 16 heavy (non-hydrogen) atoms. The summed E-state index contributed by atoms with van der Waals surface area (Å²) in [6.45, 7) is 8.02. The molecule has 0 radical (unpaired) electrons. The topological polar surface area (TPSA) is 9.23 Å². The number of alkyl halides is 3. The van der Waals surface area contributed by atoms with Gasteiger partial charge in [-0.2, -0.15) is 0 Å². The minimum absolute atomic E-state index is 0.0508. The number of hydrogen-bond acceptors (Lipinski definition) is 1. The van der Waals surface area contributed by atoms with Gasteiger partial charge in [0, 0.05) is 0 Å². The van der Waals surface area contributed by atoms with Crippen molar-refractivity contribution in [2.45, 2.75) is 34.1 Å². The van der Waals surface area contributed by atoms with Gasteiger partial charge in [0.1, 0.15) is 5.76 Å². The molecular weight excluding hydrogens is 217 g/mol. The predicted octanol–water partition coefficient (Wildman–Crippen LogP) is 4.27. The van der Waals surface area contributed by atoms with Crippen LogP contribution in [-0.2, 0) is 4.74 Å². The number of hydrogen-bond donors (Lipinski definition) is 0. The summed E-state index contributed by atoms with van der Waals surface area (Å²) in [5, 5.41) is 0. The van der Waals surface area contributed by atoms with Crippen molar-refractivity contribution < 1.29 is 17.9 Å². The summed E-state index contributed by atoms with van der Waals surface area (Å²) >= 11 is 0. The number of rotatable bonds is 1. The Morgan fingerprint density at radius 3 is 2.19 bits per heavy atom. The molecule has 0 saturated heterocycles. The molecule has 0 bridgehead atoms. The van der Waals surface area contributed by atoms with Crippen LogP contribution in [0.5, 0.6) is 0 Å². The van der Waals surface area contributed by atoms with Crippen LogP contribution in [0.4, 0.5) is 13.2 Å². The van der Waals surface area contributed by atoms with Crippen LogP contribution in [0, 0.1) is 17.3 Å². The molecule has 0 heterocycles. The molecule has 0 aromatic carbocycles. The maximum absolute atomic E-state index is 12.1. The molecule has 0 saturated carbocycles. The fourth-order valence-corrected chi connectivity index (χ4v) is 1.99. The van der Waals surface area contributed by atoms with Crippen molar-refractivity contribution in [2.24, 2.45) is 17.3 Å². The Bertz CT molecular complexity index is 307. The third-order valence-corrected chi connectivity index (χ3v) is 2.71. The first-order chi connectivity index (χ1) is 7.09. The standard InChI is InChI=1S/C12H17F3O/c1-8-5-6-9(16-12(13,14)15)7-10(8)11(2,3)4/h5-8,10H,1-4H3. The third-order valence-electron chi connectivity index (χ3n) is 2.71. The lowest BCUT2D eigenvalue weighted by Crippen LogP contribution is -2.27. The minimum Gasteiger partial charge on any atom is -0.406 e. The van der Waals surface area contributed by atoms with Gasteiger partial charge in [-0.1, -0.05) is 33.8 Å². The summed E-state index contributed by atoms with van der Waals surface area (Å²) in [6, 6.07) is 0. The summed E-state index contributed by atoms with van der Waals surface area (Å²) < 4.78 is 40.1. The molecule has 0 spiro atoms. The zero-order chi connectivity index (χ0) is 12.6. The predicted molar refractivity (Wildman–Crippen MR) is 56.5 cm³/mol. The largest absolute Gasteiger partial charge is 0.573 e. The fourth-order valence-electron chi connectivity index (χ4n) is 1.99. The monoisotopic (exact) mass is 234 g/mol. The molecule has 0 aliphatic heterocycles. The Labute approximate surface area is 94.0 Å². The zero-order valence-electron chi connectivity index (χ0n) is 9.93. The highest BCUT2D eigenvalue weighted by Crippen LogP contribution is 2.38. The molecule has 0 N–H and O–H groups in total. The molecule has 92 valence electrons. The molecule has 0 amide bonds. The molecule has 1 aliphatic carbocycles. The van der Waals surface area contributed by atoms with Gasteiger partial charge in [0.05, 0.1) is 0 Å². The van der Waals surface area contributed by atoms with E-state index in [1.165, 1.54) is 6.08 Å². The quantitative estimate of drug-likeness (QED) is 0.658. The van der Waals surface area contributed by atoms with E-state index in [2.05, 4.69) is 4.74 Å². The van der Waals surface area contributed by atoms with Gasteiger partial charge < -0.3 is 4.74 Å². The first-order valence-electron chi connectivity index (χ1n) is 5.25. The number of halogens is 3. The Kier molecular flexibility index (Phi) is 3.41. The van der Waals surface area contributed by atoms with Crippen LogP contribution in [0.15, 0.2) is 24.0 Å².